The Kier molecular flexibility index (Phi) is 4.82. The molecule has 3 aromatic heterocycles. The number of nitrogens with one attached hydrogen (secondary N) is 2. The number of fused-ring (bicyclic) bond motifs is 2. The molecule has 0 amide bonds. The molecule has 5 heterocycles. The van der Waals surface area contributed by atoms with Crippen LogP contribution < -0.4 is 5.32 Å². The van der Waals surface area contributed by atoms with Gasteiger partial charge in [0.1, 0.15) is 12.1 Å². The van der Waals surface area contributed by atoms with Crippen molar-refractivity contribution in [3.63, 3.8) is 0 Å². The van der Waals surface area contributed by atoms with E-state index >= 15 is 0 Å². The summed E-state index contributed by atoms with van der Waals surface area (Å²) in [4.78, 5) is 15.0. The largest absolute Gasteiger partial charge is 0.384 e. The van der Waals surface area contributed by atoms with E-state index < -0.39 is 6.10 Å². The molecule has 0 bridgehead atoms. The van der Waals surface area contributed by atoms with E-state index in [9.17, 15) is 5.11 Å². The molecule has 0 saturated carbocycles. The zero-order valence-corrected chi connectivity index (χ0v) is 18.3. The smallest absolute Gasteiger partial charge is 0.176 e. The van der Waals surface area contributed by atoms with Gasteiger partial charge in [0.25, 0.3) is 0 Å². The van der Waals surface area contributed by atoms with Crippen LogP contribution in [0.3, 0.4) is 0 Å². The highest BCUT2D eigenvalue weighted by atomic mass is 16.3. The van der Waals surface area contributed by atoms with Crippen LogP contribution in [0.1, 0.15) is 40.4 Å². The van der Waals surface area contributed by atoms with Crippen molar-refractivity contribution in [1.82, 2.24) is 29.8 Å². The van der Waals surface area contributed by atoms with Crippen molar-refractivity contribution in [2.75, 3.05) is 6.54 Å². The Morgan fingerprint density at radius 1 is 1.15 bits per heavy atom. The average molecular weight is 440 g/mol. The number of aliphatic imine (C=N–C) groups is 1. The van der Waals surface area contributed by atoms with Crippen molar-refractivity contribution in [1.29, 1.82) is 0 Å². The number of aliphatic hydroxyl groups is 1. The molecule has 4 aromatic rings. The number of aromatic amines is 1. The molecule has 0 aliphatic carbocycles. The van der Waals surface area contributed by atoms with Gasteiger partial charge in [-0.15, -0.1) is 0 Å². The van der Waals surface area contributed by atoms with Crippen molar-refractivity contribution in [3.05, 3.63) is 101 Å². The van der Waals surface area contributed by atoms with E-state index in [0.29, 0.717) is 0 Å². The minimum Gasteiger partial charge on any atom is -0.384 e. The van der Waals surface area contributed by atoms with Crippen LogP contribution in [-0.4, -0.2) is 48.6 Å². The second kappa shape index (κ2) is 7.99. The topological polar surface area (TPSA) is 93.8 Å². The lowest BCUT2D eigenvalue weighted by Gasteiger charge is -2.38. The van der Waals surface area contributed by atoms with Gasteiger partial charge in [-0.2, -0.15) is 5.10 Å². The molecule has 6 rings (SSSR count). The number of nitrogens with zero attached hydrogens (tertiary/aromatic N) is 5. The first-order valence-corrected chi connectivity index (χ1v) is 11.1. The second-order valence-electron chi connectivity index (χ2n) is 8.52. The van der Waals surface area contributed by atoms with Gasteiger partial charge in [-0.3, -0.25) is 9.89 Å². The Morgan fingerprint density at radius 3 is 2.82 bits per heavy atom. The summed E-state index contributed by atoms with van der Waals surface area (Å²) in [5, 5.41) is 19.0. The minimum atomic E-state index is -0.722. The normalized spacial score (nSPS) is 21.5. The molecule has 8 nitrogen and oxygen atoms in total. The number of hydrogen-bond acceptors (Lipinski definition) is 6. The molecule has 0 radical (unpaired) electrons. The third-order valence-electron chi connectivity index (χ3n) is 6.48. The molecule has 3 atom stereocenters. The van der Waals surface area contributed by atoms with Crippen molar-refractivity contribution < 1.29 is 5.11 Å². The summed E-state index contributed by atoms with van der Waals surface area (Å²) in [5.41, 5.74) is 6.90. The van der Waals surface area contributed by atoms with Crippen LogP contribution >= 0.6 is 0 Å². The molecular weight excluding hydrogens is 414 g/mol. The Hall–Kier alpha value is -3.75. The van der Waals surface area contributed by atoms with Gasteiger partial charge >= 0.3 is 0 Å². The number of imidazole rings is 1. The minimum absolute atomic E-state index is 0.136. The quantitative estimate of drug-likeness (QED) is 0.455. The summed E-state index contributed by atoms with van der Waals surface area (Å²) < 4.78 is 1.93. The van der Waals surface area contributed by atoms with Crippen LogP contribution in [-0.2, 0) is 6.42 Å². The van der Waals surface area contributed by atoms with Gasteiger partial charge in [-0.1, -0.05) is 36.4 Å². The number of aliphatic hydroxyl groups excluding tert-OH is 1. The average Bonchev–Trinajstić information content (AvgIpc) is 3.51. The Morgan fingerprint density at radius 2 is 2.03 bits per heavy atom. The van der Waals surface area contributed by atoms with Crippen LogP contribution in [0, 0.1) is 6.92 Å². The van der Waals surface area contributed by atoms with Gasteiger partial charge in [-0.25, -0.2) is 9.50 Å². The molecule has 1 aromatic carbocycles. The molecular formula is C25H25N7O. The lowest BCUT2D eigenvalue weighted by atomic mass is 9.99. The third-order valence-corrected chi connectivity index (χ3v) is 6.48. The first-order chi connectivity index (χ1) is 16.2. The number of aromatic nitrogens is 4. The highest BCUT2D eigenvalue weighted by molar-refractivity contribution is 5.81. The lowest BCUT2D eigenvalue weighted by Crippen LogP contribution is -2.49. The fraction of sp³-hybridized carbons (Fsp3) is 0.240. The predicted octanol–water partition coefficient (Wildman–Crippen LogP) is 2.89. The van der Waals surface area contributed by atoms with Gasteiger partial charge in [-0.05, 0) is 30.2 Å². The van der Waals surface area contributed by atoms with Crippen LogP contribution in [0.2, 0.25) is 0 Å². The van der Waals surface area contributed by atoms with Crippen LogP contribution in [0.15, 0.2) is 77.8 Å². The van der Waals surface area contributed by atoms with E-state index in [0.717, 1.165) is 46.7 Å². The Balaban J connectivity index is 1.32. The van der Waals surface area contributed by atoms with E-state index in [4.69, 9.17) is 10.1 Å². The number of aryl methyl sites for hydroxylation is 1. The monoisotopic (exact) mass is 439 g/mol. The molecule has 0 spiro atoms. The molecule has 166 valence electrons. The third kappa shape index (κ3) is 3.44. The molecule has 3 N–H and O–H groups in total. The van der Waals surface area contributed by atoms with Crippen molar-refractivity contribution >= 4 is 11.7 Å². The van der Waals surface area contributed by atoms with Gasteiger partial charge < -0.3 is 15.4 Å². The summed E-state index contributed by atoms with van der Waals surface area (Å²) in [6.07, 6.45) is 7.21. The summed E-state index contributed by atoms with van der Waals surface area (Å²) in [5.74, 6) is 0. The molecule has 2 unspecified atom stereocenters. The number of hydrogen-bond donors (Lipinski definition) is 3. The van der Waals surface area contributed by atoms with E-state index in [2.05, 4.69) is 39.2 Å². The number of pyridine rings is 1. The fourth-order valence-electron chi connectivity index (χ4n) is 4.74. The zero-order valence-electron chi connectivity index (χ0n) is 18.3. The highest BCUT2D eigenvalue weighted by Gasteiger charge is 2.37. The number of benzene rings is 1. The first kappa shape index (κ1) is 19.9. The summed E-state index contributed by atoms with van der Waals surface area (Å²) in [6, 6.07) is 15.7. The summed E-state index contributed by atoms with van der Waals surface area (Å²) in [6.45, 7) is 2.89. The maximum absolute atomic E-state index is 10.7. The maximum Gasteiger partial charge on any atom is 0.176 e. The van der Waals surface area contributed by atoms with Crippen molar-refractivity contribution in [2.45, 2.75) is 31.8 Å². The highest BCUT2D eigenvalue weighted by Crippen LogP contribution is 2.35. The van der Waals surface area contributed by atoms with E-state index in [-0.39, 0.29) is 12.3 Å². The molecule has 0 fully saturated rings. The molecule has 33 heavy (non-hydrogen) atoms. The molecule has 0 saturated heterocycles. The first-order valence-electron chi connectivity index (χ1n) is 11.1. The van der Waals surface area contributed by atoms with Crippen LogP contribution in [0.4, 0.5) is 0 Å². The summed E-state index contributed by atoms with van der Waals surface area (Å²) in [7, 11) is 0. The maximum atomic E-state index is 10.7. The van der Waals surface area contributed by atoms with Crippen molar-refractivity contribution in [2.24, 2.45) is 4.99 Å². The van der Waals surface area contributed by atoms with E-state index in [1.165, 1.54) is 5.56 Å². The lowest BCUT2D eigenvalue weighted by molar-refractivity contribution is 0.128. The van der Waals surface area contributed by atoms with Crippen LogP contribution in [0.25, 0.3) is 5.52 Å². The SMILES string of the molecule is Cc1cccn2nc([C@@H]3c4nc[nH]c4CCN3C3N=CC(C(O)c4ccccc4)=CN3)cc12. The van der Waals surface area contributed by atoms with Gasteiger partial charge in [0.2, 0.25) is 0 Å². The summed E-state index contributed by atoms with van der Waals surface area (Å²) >= 11 is 0. The Labute approximate surface area is 191 Å². The number of H-pyrrole nitrogens is 1. The van der Waals surface area contributed by atoms with E-state index in [1.807, 2.05) is 53.3 Å². The predicted molar refractivity (Wildman–Crippen MR) is 126 cm³/mol. The fourth-order valence-corrected chi connectivity index (χ4v) is 4.74. The molecule has 2 aliphatic heterocycles. The van der Waals surface area contributed by atoms with Gasteiger partial charge in [0.15, 0.2) is 6.29 Å². The van der Waals surface area contributed by atoms with Crippen molar-refractivity contribution in [3.8, 4) is 0 Å². The Bertz CT molecular complexity index is 1350. The zero-order chi connectivity index (χ0) is 22.4. The van der Waals surface area contributed by atoms with Gasteiger partial charge in [0.05, 0.1) is 23.2 Å². The van der Waals surface area contributed by atoms with Gasteiger partial charge in [0, 0.05) is 42.8 Å². The second-order valence-corrected chi connectivity index (χ2v) is 8.52. The van der Waals surface area contributed by atoms with E-state index in [1.54, 1.807) is 12.5 Å². The molecule has 2 aliphatic rings. The standard InChI is InChI=1S/C25H25N7O/c1-16-6-5-10-32-21(16)12-20(30-32)23-22-19(28-15-29-22)9-11-31(23)25-26-13-18(14-27-25)24(33)17-7-3-2-4-8-17/h2-8,10,12-15,23-26,33H,9,11H2,1H3,(H,28,29)/t23-,24?,25?/m1/s1. The molecule has 8 heteroatoms. The number of rotatable bonds is 4. The van der Waals surface area contributed by atoms with Crippen LogP contribution in [0.5, 0.6) is 0 Å².